The number of hydrogen-bond donors (Lipinski definition) is 1. The predicted molar refractivity (Wildman–Crippen MR) is 80.3 cm³/mol. The first-order valence-corrected chi connectivity index (χ1v) is 8.62. The zero-order chi connectivity index (χ0) is 14.0. The van der Waals surface area contributed by atoms with Crippen molar-refractivity contribution in [2.45, 2.75) is 24.6 Å². The van der Waals surface area contributed by atoms with Crippen LogP contribution >= 0.6 is 0 Å². The fourth-order valence-electron chi connectivity index (χ4n) is 2.78. The van der Waals surface area contributed by atoms with E-state index in [2.05, 4.69) is 16.4 Å². The normalized spacial score (nSPS) is 21.3. The Labute approximate surface area is 119 Å². The topological polar surface area (TPSA) is 59.1 Å². The molecule has 0 spiro atoms. The molecule has 106 valence electrons. The quantitative estimate of drug-likeness (QED) is 0.934. The second-order valence-corrected chi connectivity index (χ2v) is 7.68. The number of sulfone groups is 1. The number of aromatic nitrogens is 1. The Hall–Kier alpha value is -1.46. The van der Waals surface area contributed by atoms with Crippen molar-refractivity contribution < 1.29 is 8.42 Å². The molecule has 1 atom stereocenters. The van der Waals surface area contributed by atoms with Gasteiger partial charge in [-0.25, -0.2) is 8.42 Å². The van der Waals surface area contributed by atoms with Crippen LogP contribution in [0.2, 0.25) is 0 Å². The summed E-state index contributed by atoms with van der Waals surface area (Å²) in [5.41, 5.74) is 1.11. The summed E-state index contributed by atoms with van der Waals surface area (Å²) < 4.78 is 23.5. The first kappa shape index (κ1) is 13.5. The van der Waals surface area contributed by atoms with Crippen molar-refractivity contribution in [1.82, 2.24) is 10.3 Å². The molecule has 1 fully saturated rings. The molecule has 1 aromatic heterocycles. The van der Waals surface area contributed by atoms with E-state index in [1.165, 1.54) is 5.39 Å². The van der Waals surface area contributed by atoms with E-state index in [4.69, 9.17) is 0 Å². The minimum atomic E-state index is -2.86. The first-order valence-electron chi connectivity index (χ1n) is 6.91. The Morgan fingerprint density at radius 1 is 1.25 bits per heavy atom. The van der Waals surface area contributed by atoms with Crippen molar-refractivity contribution in [3.05, 3.63) is 42.2 Å². The summed E-state index contributed by atoms with van der Waals surface area (Å²) in [5.74, 6) is 0.342. The molecule has 0 radical (unpaired) electrons. The molecular formula is C15H18N2O2S. The Kier molecular flexibility index (Phi) is 3.72. The molecule has 0 saturated carbocycles. The number of nitrogens with zero attached hydrogens (tertiary/aromatic N) is 1. The lowest BCUT2D eigenvalue weighted by atomic mass is 10.1. The van der Waals surface area contributed by atoms with Gasteiger partial charge in [0, 0.05) is 30.9 Å². The summed E-state index contributed by atoms with van der Waals surface area (Å²) in [4.78, 5) is 4.23. The van der Waals surface area contributed by atoms with Gasteiger partial charge >= 0.3 is 0 Å². The second kappa shape index (κ2) is 5.50. The number of rotatable bonds is 4. The number of fused-ring (bicyclic) bond motifs is 1. The van der Waals surface area contributed by atoms with Crippen LogP contribution in [0.15, 0.2) is 36.7 Å². The molecule has 2 aromatic rings. The van der Waals surface area contributed by atoms with Crippen LogP contribution in [0.5, 0.6) is 0 Å². The van der Waals surface area contributed by atoms with Crippen LogP contribution in [0.4, 0.5) is 0 Å². The van der Waals surface area contributed by atoms with Gasteiger partial charge in [0.05, 0.1) is 11.0 Å². The molecule has 2 heterocycles. The SMILES string of the molecule is O=S1(=O)CCCC1CNCc1cncc2ccccc12. The Balaban J connectivity index is 1.69. The molecule has 1 aliphatic heterocycles. The fourth-order valence-corrected chi connectivity index (χ4v) is 4.58. The highest BCUT2D eigenvalue weighted by molar-refractivity contribution is 7.92. The van der Waals surface area contributed by atoms with Gasteiger partial charge in [0.25, 0.3) is 0 Å². The highest BCUT2D eigenvalue weighted by Gasteiger charge is 2.30. The van der Waals surface area contributed by atoms with E-state index in [0.717, 1.165) is 23.8 Å². The second-order valence-electron chi connectivity index (χ2n) is 5.28. The van der Waals surface area contributed by atoms with E-state index in [1.807, 2.05) is 30.6 Å². The maximum atomic E-state index is 11.8. The van der Waals surface area contributed by atoms with Gasteiger partial charge < -0.3 is 5.32 Å². The van der Waals surface area contributed by atoms with Gasteiger partial charge in [-0.15, -0.1) is 0 Å². The third-order valence-corrected chi connectivity index (χ3v) is 6.18. The lowest BCUT2D eigenvalue weighted by molar-refractivity contribution is 0.574. The molecule has 20 heavy (non-hydrogen) atoms. The lowest BCUT2D eigenvalue weighted by Gasteiger charge is -2.11. The standard InChI is InChI=1S/C15H18N2O2S/c18-20(19)7-3-5-14(20)11-17-10-13-9-16-8-12-4-1-2-6-15(12)13/h1-2,4,6,8-9,14,17H,3,5,7,10-11H2. The number of benzene rings is 1. The highest BCUT2D eigenvalue weighted by atomic mass is 32.2. The van der Waals surface area contributed by atoms with Crippen LogP contribution in [0.1, 0.15) is 18.4 Å². The molecule has 0 amide bonds. The first-order chi connectivity index (χ1) is 9.67. The zero-order valence-electron chi connectivity index (χ0n) is 11.2. The summed E-state index contributed by atoms with van der Waals surface area (Å²) in [7, 11) is -2.86. The van der Waals surface area contributed by atoms with E-state index in [9.17, 15) is 8.42 Å². The molecule has 1 N–H and O–H groups in total. The van der Waals surface area contributed by atoms with E-state index >= 15 is 0 Å². The van der Waals surface area contributed by atoms with E-state index in [1.54, 1.807) is 0 Å². The number of hydrogen-bond acceptors (Lipinski definition) is 4. The highest BCUT2D eigenvalue weighted by Crippen LogP contribution is 2.20. The maximum absolute atomic E-state index is 11.8. The Morgan fingerprint density at radius 3 is 2.90 bits per heavy atom. The van der Waals surface area contributed by atoms with Crippen molar-refractivity contribution in [3.63, 3.8) is 0 Å². The molecule has 0 aliphatic carbocycles. The van der Waals surface area contributed by atoms with Crippen molar-refractivity contribution in [2.24, 2.45) is 0 Å². The Morgan fingerprint density at radius 2 is 2.10 bits per heavy atom. The van der Waals surface area contributed by atoms with Gasteiger partial charge in [-0.1, -0.05) is 24.3 Å². The van der Waals surface area contributed by atoms with Crippen LogP contribution < -0.4 is 5.32 Å². The van der Waals surface area contributed by atoms with Crippen LogP contribution in [-0.2, 0) is 16.4 Å². The molecule has 1 aromatic carbocycles. The molecule has 3 rings (SSSR count). The van der Waals surface area contributed by atoms with Crippen LogP contribution in [0.25, 0.3) is 10.8 Å². The average molecular weight is 290 g/mol. The molecule has 1 saturated heterocycles. The molecule has 1 aliphatic rings. The van der Waals surface area contributed by atoms with Gasteiger partial charge in [0.2, 0.25) is 0 Å². The third-order valence-electron chi connectivity index (χ3n) is 3.90. The maximum Gasteiger partial charge on any atom is 0.154 e. The van der Waals surface area contributed by atoms with Gasteiger partial charge in [-0.2, -0.15) is 0 Å². The third kappa shape index (κ3) is 2.69. The van der Waals surface area contributed by atoms with Crippen molar-refractivity contribution in [2.75, 3.05) is 12.3 Å². The van der Waals surface area contributed by atoms with Gasteiger partial charge in [0.15, 0.2) is 9.84 Å². The molecule has 4 nitrogen and oxygen atoms in total. The number of pyridine rings is 1. The van der Waals surface area contributed by atoms with Crippen LogP contribution in [-0.4, -0.2) is 30.9 Å². The van der Waals surface area contributed by atoms with Gasteiger partial charge in [-0.05, 0) is 23.8 Å². The van der Waals surface area contributed by atoms with Crippen LogP contribution in [0.3, 0.4) is 0 Å². The summed E-state index contributed by atoms with van der Waals surface area (Å²) >= 11 is 0. The minimum absolute atomic E-state index is 0.217. The van der Waals surface area contributed by atoms with Gasteiger partial charge in [0.1, 0.15) is 0 Å². The van der Waals surface area contributed by atoms with Crippen molar-refractivity contribution in [1.29, 1.82) is 0 Å². The summed E-state index contributed by atoms with van der Waals surface area (Å²) in [5, 5.41) is 5.34. The summed E-state index contributed by atoms with van der Waals surface area (Å²) in [6, 6.07) is 8.10. The predicted octanol–water partition coefficient (Wildman–Crippen LogP) is 1.90. The molecule has 0 bridgehead atoms. The molecule has 1 unspecified atom stereocenters. The molecule has 5 heteroatoms. The van der Waals surface area contributed by atoms with Crippen molar-refractivity contribution >= 4 is 20.6 Å². The summed E-state index contributed by atoms with van der Waals surface area (Å²) in [6.07, 6.45) is 5.27. The monoisotopic (exact) mass is 290 g/mol. The molecular weight excluding hydrogens is 272 g/mol. The minimum Gasteiger partial charge on any atom is -0.311 e. The smallest absolute Gasteiger partial charge is 0.154 e. The van der Waals surface area contributed by atoms with E-state index in [-0.39, 0.29) is 5.25 Å². The average Bonchev–Trinajstić information content (AvgIpc) is 2.78. The van der Waals surface area contributed by atoms with Crippen LogP contribution in [0, 0.1) is 0 Å². The van der Waals surface area contributed by atoms with E-state index < -0.39 is 9.84 Å². The number of nitrogens with one attached hydrogen (secondary N) is 1. The van der Waals surface area contributed by atoms with Crippen molar-refractivity contribution in [3.8, 4) is 0 Å². The van der Waals surface area contributed by atoms with E-state index in [0.29, 0.717) is 18.8 Å². The largest absolute Gasteiger partial charge is 0.311 e. The zero-order valence-corrected chi connectivity index (χ0v) is 12.1. The fraction of sp³-hybridized carbons (Fsp3) is 0.400. The Bertz CT molecular complexity index is 707. The summed E-state index contributed by atoms with van der Waals surface area (Å²) in [6.45, 7) is 1.19. The van der Waals surface area contributed by atoms with Gasteiger partial charge in [-0.3, -0.25) is 4.98 Å². The lowest BCUT2D eigenvalue weighted by Crippen LogP contribution is -2.30.